The van der Waals surface area contributed by atoms with Gasteiger partial charge in [0.1, 0.15) is 4.90 Å². The average Bonchev–Trinajstić information content (AvgIpc) is 2.59. The Morgan fingerprint density at radius 2 is 2.05 bits per heavy atom. The number of anilines is 2. The number of nitrogens with one attached hydrogen (secondary N) is 1. The first-order valence-corrected chi connectivity index (χ1v) is 7.94. The molecule has 1 aromatic rings. The molecule has 1 aliphatic carbocycles. The molecule has 106 valence electrons. The van der Waals surface area contributed by atoms with Crippen LogP contribution in [0.5, 0.6) is 0 Å². The van der Waals surface area contributed by atoms with E-state index in [1.807, 2.05) is 0 Å². The van der Waals surface area contributed by atoms with Crippen LogP contribution in [-0.2, 0) is 10.0 Å². The molecule has 0 amide bonds. The number of rotatable bonds is 3. The van der Waals surface area contributed by atoms with E-state index in [4.69, 9.17) is 10.9 Å². The van der Waals surface area contributed by atoms with Crippen LogP contribution in [0, 0.1) is 5.41 Å². The fourth-order valence-corrected chi connectivity index (χ4v) is 3.41. The van der Waals surface area contributed by atoms with E-state index >= 15 is 0 Å². The van der Waals surface area contributed by atoms with Crippen LogP contribution in [0.1, 0.15) is 33.1 Å². The summed E-state index contributed by atoms with van der Waals surface area (Å²) in [5.41, 5.74) is 6.72. The summed E-state index contributed by atoms with van der Waals surface area (Å²) in [7, 11) is -3.78. The second-order valence-corrected chi connectivity index (χ2v) is 7.41. The molecule has 0 aromatic heterocycles. The zero-order valence-electron chi connectivity index (χ0n) is 11.3. The first kappa shape index (κ1) is 14.1. The second-order valence-electron chi connectivity index (χ2n) is 5.88. The van der Waals surface area contributed by atoms with Gasteiger partial charge in [0.25, 0.3) is 0 Å². The van der Waals surface area contributed by atoms with Gasteiger partial charge >= 0.3 is 0 Å². The number of hydrogen-bond donors (Lipinski definition) is 3. The lowest BCUT2D eigenvalue weighted by Crippen LogP contribution is -2.31. The fraction of sp³-hybridized carbons (Fsp3) is 0.538. The summed E-state index contributed by atoms with van der Waals surface area (Å²) < 4.78 is 23.2. The molecule has 0 bridgehead atoms. The predicted molar refractivity (Wildman–Crippen MR) is 77.3 cm³/mol. The second kappa shape index (κ2) is 4.68. The van der Waals surface area contributed by atoms with E-state index in [1.165, 1.54) is 6.07 Å². The Bertz CT molecular complexity index is 582. The van der Waals surface area contributed by atoms with Gasteiger partial charge in [-0.3, -0.25) is 0 Å². The number of sulfonamides is 1. The van der Waals surface area contributed by atoms with Crippen molar-refractivity contribution in [3.05, 3.63) is 18.2 Å². The van der Waals surface area contributed by atoms with E-state index in [0.29, 0.717) is 11.4 Å². The Labute approximate surface area is 114 Å². The highest BCUT2D eigenvalue weighted by Crippen LogP contribution is 2.39. The highest BCUT2D eigenvalue weighted by Gasteiger charge is 2.35. The van der Waals surface area contributed by atoms with E-state index < -0.39 is 10.0 Å². The molecule has 0 aliphatic heterocycles. The van der Waals surface area contributed by atoms with Crippen LogP contribution in [0.25, 0.3) is 0 Å². The van der Waals surface area contributed by atoms with Gasteiger partial charge in [0, 0.05) is 11.7 Å². The molecule has 5 nitrogen and oxygen atoms in total. The molecule has 2 rings (SSSR count). The fourth-order valence-electron chi connectivity index (χ4n) is 2.68. The Morgan fingerprint density at radius 1 is 1.37 bits per heavy atom. The monoisotopic (exact) mass is 283 g/mol. The van der Waals surface area contributed by atoms with Crippen molar-refractivity contribution in [3.8, 4) is 0 Å². The lowest BCUT2D eigenvalue weighted by molar-refractivity contribution is 0.349. The van der Waals surface area contributed by atoms with Gasteiger partial charge in [-0.15, -0.1) is 0 Å². The summed E-state index contributed by atoms with van der Waals surface area (Å²) >= 11 is 0. The number of nitrogen functional groups attached to an aromatic ring is 1. The lowest BCUT2D eigenvalue weighted by Gasteiger charge is -2.29. The van der Waals surface area contributed by atoms with Crippen LogP contribution in [0.15, 0.2) is 23.1 Å². The molecule has 1 atom stereocenters. The van der Waals surface area contributed by atoms with Crippen molar-refractivity contribution in [1.29, 1.82) is 0 Å². The third-order valence-electron chi connectivity index (χ3n) is 3.90. The minimum atomic E-state index is -3.78. The minimum Gasteiger partial charge on any atom is -0.399 e. The number of primary sulfonamides is 1. The minimum absolute atomic E-state index is 0.0650. The van der Waals surface area contributed by atoms with Crippen molar-refractivity contribution in [2.45, 2.75) is 44.0 Å². The highest BCUT2D eigenvalue weighted by atomic mass is 32.2. The maximum atomic E-state index is 11.6. The summed E-state index contributed by atoms with van der Waals surface area (Å²) in [6.45, 7) is 4.37. The summed E-state index contributed by atoms with van der Waals surface area (Å²) in [4.78, 5) is 0.0650. The average molecular weight is 283 g/mol. The quantitative estimate of drug-likeness (QED) is 0.738. The Morgan fingerprint density at radius 3 is 2.58 bits per heavy atom. The molecule has 0 radical (unpaired) electrons. The Kier molecular flexibility index (Phi) is 3.49. The molecule has 0 spiro atoms. The smallest absolute Gasteiger partial charge is 0.240 e. The van der Waals surface area contributed by atoms with E-state index in [-0.39, 0.29) is 16.4 Å². The largest absolute Gasteiger partial charge is 0.399 e. The van der Waals surface area contributed by atoms with Crippen molar-refractivity contribution >= 4 is 21.4 Å². The van der Waals surface area contributed by atoms with Crippen LogP contribution in [0.4, 0.5) is 11.4 Å². The molecule has 1 unspecified atom stereocenters. The van der Waals surface area contributed by atoms with Crippen molar-refractivity contribution in [1.82, 2.24) is 0 Å². The normalized spacial score (nSPS) is 22.4. The van der Waals surface area contributed by atoms with Crippen LogP contribution < -0.4 is 16.2 Å². The summed E-state index contributed by atoms with van der Waals surface area (Å²) in [5, 5.41) is 8.56. The first-order valence-electron chi connectivity index (χ1n) is 6.39. The Balaban J connectivity index is 2.36. The van der Waals surface area contributed by atoms with Crippen LogP contribution >= 0.6 is 0 Å². The third kappa shape index (κ3) is 3.01. The van der Waals surface area contributed by atoms with E-state index in [1.54, 1.807) is 12.1 Å². The first-order chi connectivity index (χ1) is 8.70. The van der Waals surface area contributed by atoms with E-state index in [2.05, 4.69) is 19.2 Å². The molecule has 0 saturated heterocycles. The summed E-state index contributed by atoms with van der Waals surface area (Å²) in [5.74, 6) is 0. The van der Waals surface area contributed by atoms with Gasteiger partial charge < -0.3 is 11.1 Å². The molecule has 1 saturated carbocycles. The highest BCUT2D eigenvalue weighted by molar-refractivity contribution is 7.89. The number of benzene rings is 1. The topological polar surface area (TPSA) is 98.2 Å². The maximum absolute atomic E-state index is 11.6. The van der Waals surface area contributed by atoms with Gasteiger partial charge in [0.05, 0.1) is 5.69 Å². The van der Waals surface area contributed by atoms with Crippen LogP contribution in [0.3, 0.4) is 0 Å². The van der Waals surface area contributed by atoms with Crippen molar-refractivity contribution in [2.75, 3.05) is 11.1 Å². The van der Waals surface area contributed by atoms with Crippen LogP contribution in [0.2, 0.25) is 0 Å². The molecule has 1 aromatic carbocycles. The predicted octanol–water partition coefficient (Wildman–Crippen LogP) is 1.91. The Hall–Kier alpha value is -1.27. The van der Waals surface area contributed by atoms with Gasteiger partial charge in [-0.1, -0.05) is 20.3 Å². The van der Waals surface area contributed by atoms with Gasteiger partial charge in [-0.2, -0.15) is 0 Å². The molecule has 1 aliphatic rings. The van der Waals surface area contributed by atoms with Crippen LogP contribution in [-0.4, -0.2) is 14.5 Å². The van der Waals surface area contributed by atoms with Crippen molar-refractivity contribution < 1.29 is 8.42 Å². The van der Waals surface area contributed by atoms with E-state index in [0.717, 1.165) is 19.3 Å². The third-order valence-corrected chi connectivity index (χ3v) is 4.85. The van der Waals surface area contributed by atoms with Gasteiger partial charge in [0.15, 0.2) is 0 Å². The molecule has 6 heteroatoms. The van der Waals surface area contributed by atoms with Crippen molar-refractivity contribution in [3.63, 3.8) is 0 Å². The molecule has 0 heterocycles. The SMILES string of the molecule is CC1(C)CCCC1Nc1ccc(N)cc1S(N)(=O)=O. The zero-order valence-corrected chi connectivity index (χ0v) is 12.1. The molecular formula is C13H21N3O2S. The summed E-state index contributed by atoms with van der Waals surface area (Å²) in [6, 6.07) is 5.01. The van der Waals surface area contributed by atoms with E-state index in [9.17, 15) is 8.42 Å². The number of nitrogens with two attached hydrogens (primary N) is 2. The summed E-state index contributed by atoms with van der Waals surface area (Å²) in [6.07, 6.45) is 3.30. The number of hydrogen-bond acceptors (Lipinski definition) is 4. The maximum Gasteiger partial charge on any atom is 0.240 e. The van der Waals surface area contributed by atoms with Crippen molar-refractivity contribution in [2.24, 2.45) is 10.6 Å². The lowest BCUT2D eigenvalue weighted by atomic mass is 9.87. The van der Waals surface area contributed by atoms with Gasteiger partial charge in [-0.05, 0) is 36.5 Å². The van der Waals surface area contributed by atoms with Gasteiger partial charge in [-0.25, -0.2) is 13.6 Å². The molecule has 1 fully saturated rings. The standard InChI is InChI=1S/C13H21N3O2S/c1-13(2)7-3-4-12(13)16-10-6-5-9(14)8-11(10)19(15,17)18/h5-6,8,12,16H,3-4,7,14H2,1-2H3,(H2,15,17,18). The molecule has 19 heavy (non-hydrogen) atoms. The zero-order chi connectivity index (χ0) is 14.3. The molecule has 5 N–H and O–H groups in total. The van der Waals surface area contributed by atoms with Gasteiger partial charge in [0.2, 0.25) is 10.0 Å². The molecular weight excluding hydrogens is 262 g/mol.